The van der Waals surface area contributed by atoms with Crippen molar-refractivity contribution in [3.8, 4) is 0 Å². The summed E-state index contributed by atoms with van der Waals surface area (Å²) < 4.78 is 11.8. The van der Waals surface area contributed by atoms with Crippen molar-refractivity contribution in [1.29, 1.82) is 0 Å². The van der Waals surface area contributed by atoms with Gasteiger partial charge in [-0.1, -0.05) is 0 Å². The summed E-state index contributed by atoms with van der Waals surface area (Å²) in [6, 6.07) is 5.89. The number of thiazole rings is 1. The number of hydrogen-bond acceptors (Lipinski definition) is 6. The number of anilines is 1. The zero-order valence-electron chi connectivity index (χ0n) is 13.9. The van der Waals surface area contributed by atoms with E-state index in [1.807, 2.05) is 39.0 Å². The molecule has 3 rings (SSSR count). The molecule has 2 heterocycles. The van der Waals surface area contributed by atoms with Crippen LogP contribution in [0.2, 0.25) is 0 Å². The summed E-state index contributed by atoms with van der Waals surface area (Å²) in [6.07, 6.45) is 0. The van der Waals surface area contributed by atoms with Crippen molar-refractivity contribution in [1.82, 2.24) is 10.1 Å². The zero-order valence-corrected chi connectivity index (χ0v) is 14.7. The van der Waals surface area contributed by atoms with Crippen LogP contribution in [0.15, 0.2) is 28.2 Å². The van der Waals surface area contributed by atoms with E-state index in [0.717, 1.165) is 21.4 Å². The number of benzene rings is 1. The molecular formula is C16H18BN3O3S. The molecule has 0 fully saturated rings. The number of rotatable bonds is 6. The first-order valence-corrected chi connectivity index (χ1v) is 8.63. The van der Waals surface area contributed by atoms with Gasteiger partial charge < -0.3 is 0 Å². The molecule has 1 amide bonds. The number of hydrogen-bond donors (Lipinski definition) is 0. The van der Waals surface area contributed by atoms with E-state index in [9.17, 15) is 4.79 Å². The van der Waals surface area contributed by atoms with Crippen molar-refractivity contribution in [2.24, 2.45) is 0 Å². The third-order valence-electron chi connectivity index (χ3n) is 3.80. The second-order valence-corrected chi connectivity index (χ2v) is 6.38. The first-order chi connectivity index (χ1) is 11.6. The quantitative estimate of drug-likeness (QED) is 0.644. The Morgan fingerprint density at radius 1 is 1.50 bits per heavy atom. The van der Waals surface area contributed by atoms with E-state index >= 15 is 0 Å². The predicted molar refractivity (Wildman–Crippen MR) is 94.6 cm³/mol. The molecule has 6 nitrogen and oxygen atoms in total. The fourth-order valence-corrected chi connectivity index (χ4v) is 3.14. The molecule has 1 atom stereocenters. The van der Waals surface area contributed by atoms with Crippen molar-refractivity contribution >= 4 is 40.2 Å². The van der Waals surface area contributed by atoms with E-state index in [1.165, 1.54) is 4.90 Å². The van der Waals surface area contributed by atoms with E-state index in [0.29, 0.717) is 12.4 Å². The van der Waals surface area contributed by atoms with E-state index in [4.69, 9.17) is 9.26 Å². The van der Waals surface area contributed by atoms with Gasteiger partial charge in [0.1, 0.15) is 0 Å². The fraction of sp³-hybridized carbons (Fsp3) is 0.375. The molecule has 0 spiro atoms. The Labute approximate surface area is 144 Å². The van der Waals surface area contributed by atoms with Crippen LogP contribution < -0.4 is 4.90 Å². The maximum absolute atomic E-state index is 13.0. The molecule has 0 radical (unpaired) electrons. The Balaban J connectivity index is 1.87. The van der Waals surface area contributed by atoms with Crippen molar-refractivity contribution < 1.29 is 14.1 Å². The Kier molecular flexibility index (Phi) is 5.06. The molecule has 0 saturated carbocycles. The first kappa shape index (κ1) is 16.8. The molecule has 0 aliphatic heterocycles. The van der Waals surface area contributed by atoms with Crippen molar-refractivity contribution in [3.63, 3.8) is 0 Å². The number of aromatic nitrogens is 2. The fourth-order valence-electron chi connectivity index (χ4n) is 2.41. The molecule has 3 aromatic rings. The minimum absolute atomic E-state index is 0.0940. The third-order valence-corrected chi connectivity index (χ3v) is 4.59. The zero-order chi connectivity index (χ0) is 17.1. The Morgan fingerprint density at radius 3 is 3.04 bits per heavy atom. The summed E-state index contributed by atoms with van der Waals surface area (Å²) in [5.41, 5.74) is 4.41. The SMILES string of the molecule is CCOCN(C(=O)C(C)c1ccc2ncsc2c1)c1bc(C)no1. The van der Waals surface area contributed by atoms with Crippen LogP contribution in [0.4, 0.5) is 5.78 Å². The van der Waals surface area contributed by atoms with Crippen LogP contribution in [-0.2, 0) is 9.53 Å². The number of nitrogens with zero attached hydrogens (tertiary/aromatic N) is 3. The van der Waals surface area contributed by atoms with Gasteiger partial charge in [0, 0.05) is 0 Å². The van der Waals surface area contributed by atoms with Gasteiger partial charge in [0.25, 0.3) is 0 Å². The van der Waals surface area contributed by atoms with E-state index in [1.54, 1.807) is 23.8 Å². The van der Waals surface area contributed by atoms with Crippen LogP contribution >= 0.6 is 11.3 Å². The summed E-state index contributed by atoms with van der Waals surface area (Å²) >= 11 is 1.56. The van der Waals surface area contributed by atoms with Gasteiger partial charge in [-0.15, -0.1) is 0 Å². The number of carbonyl (C=O) groups excluding carboxylic acids is 1. The van der Waals surface area contributed by atoms with Crippen LogP contribution in [0.1, 0.15) is 30.9 Å². The number of carbonyl (C=O) groups is 1. The average Bonchev–Trinajstić information content (AvgIpc) is 3.22. The van der Waals surface area contributed by atoms with Crippen LogP contribution in [0.5, 0.6) is 0 Å². The Hall–Kier alpha value is -2.06. The summed E-state index contributed by atoms with van der Waals surface area (Å²) in [5.74, 6) is -0.0255. The molecule has 8 heteroatoms. The van der Waals surface area contributed by atoms with Crippen molar-refractivity contribution in [2.45, 2.75) is 26.7 Å². The molecular weight excluding hydrogens is 325 g/mol. The molecule has 124 valence electrons. The second kappa shape index (κ2) is 7.23. The van der Waals surface area contributed by atoms with E-state index in [2.05, 4.69) is 10.1 Å². The van der Waals surface area contributed by atoms with Crippen LogP contribution in [0.25, 0.3) is 10.2 Å². The number of ether oxygens (including phenoxy) is 1. The summed E-state index contributed by atoms with van der Waals surface area (Å²) in [7, 11) is 0. The molecule has 1 unspecified atom stereocenters. The molecule has 0 aliphatic rings. The normalized spacial score (nSPS) is 12.3. The average molecular weight is 343 g/mol. The second-order valence-electron chi connectivity index (χ2n) is 5.50. The summed E-state index contributed by atoms with van der Waals surface area (Å²) in [4.78, 5) is 18.7. The van der Waals surface area contributed by atoms with Gasteiger partial charge in [-0.05, 0) is 0 Å². The number of fused-ring (bicyclic) bond motifs is 1. The molecule has 0 aliphatic carbocycles. The number of aryl methyl sites for hydroxylation is 1. The summed E-state index contributed by atoms with van der Waals surface area (Å²) in [6.45, 7) is 7.96. The van der Waals surface area contributed by atoms with Gasteiger partial charge in [0.05, 0.1) is 0 Å². The Morgan fingerprint density at radius 2 is 2.33 bits per heavy atom. The molecule has 0 saturated heterocycles. The van der Waals surface area contributed by atoms with Gasteiger partial charge in [0.15, 0.2) is 0 Å². The molecule has 0 bridgehead atoms. The monoisotopic (exact) mass is 343 g/mol. The molecule has 24 heavy (non-hydrogen) atoms. The van der Waals surface area contributed by atoms with Crippen molar-refractivity contribution in [3.05, 3.63) is 34.9 Å². The maximum atomic E-state index is 13.0. The van der Waals surface area contributed by atoms with Gasteiger partial charge in [-0.25, -0.2) is 0 Å². The van der Waals surface area contributed by atoms with Crippen LogP contribution in [0, 0.1) is 6.92 Å². The third kappa shape index (κ3) is 3.39. The molecule has 2 aromatic heterocycles. The van der Waals surface area contributed by atoms with Crippen molar-refractivity contribution in [2.75, 3.05) is 18.2 Å². The van der Waals surface area contributed by atoms with Gasteiger partial charge in [-0.2, -0.15) is 0 Å². The Bertz CT molecular complexity index is 848. The van der Waals surface area contributed by atoms with Gasteiger partial charge >= 0.3 is 144 Å². The van der Waals surface area contributed by atoms with Crippen LogP contribution in [0.3, 0.4) is 0 Å². The number of amides is 1. The topological polar surface area (TPSA) is 68.5 Å². The van der Waals surface area contributed by atoms with Crippen LogP contribution in [-0.4, -0.2) is 36.3 Å². The predicted octanol–water partition coefficient (Wildman–Crippen LogP) is 3.06. The molecule has 1 aromatic carbocycles. The first-order valence-electron chi connectivity index (χ1n) is 7.75. The van der Waals surface area contributed by atoms with E-state index in [-0.39, 0.29) is 18.6 Å². The minimum atomic E-state index is -0.331. The van der Waals surface area contributed by atoms with Gasteiger partial charge in [-0.3, -0.25) is 0 Å². The summed E-state index contributed by atoms with van der Waals surface area (Å²) in [5, 5.41) is 3.86. The van der Waals surface area contributed by atoms with E-state index < -0.39 is 0 Å². The molecule has 0 N–H and O–H groups in total. The van der Waals surface area contributed by atoms with Gasteiger partial charge in [0.2, 0.25) is 0 Å². The standard InChI is InChI=1S/C16H18BN3O3S/c1-4-22-9-20(16-17-11(3)19-23-16)15(21)10(2)12-5-6-13-14(7-12)24-8-18-13/h5-8,10H,4,9H2,1-3H3.